The van der Waals surface area contributed by atoms with E-state index in [0.29, 0.717) is 5.92 Å². The molecule has 0 aliphatic carbocycles. The van der Waals surface area contributed by atoms with Crippen LogP contribution in [0.3, 0.4) is 0 Å². The molecule has 3 nitrogen and oxygen atoms in total. The topological polar surface area (TPSA) is 29.5 Å². The number of carbonyl (C=O) groups excluding carboxylic acids is 1. The predicted octanol–water partition coefficient (Wildman–Crippen LogP) is 3.70. The van der Waals surface area contributed by atoms with Crippen molar-refractivity contribution in [2.24, 2.45) is 5.92 Å². The molecule has 3 heteroatoms. The van der Waals surface area contributed by atoms with E-state index in [0.717, 1.165) is 43.7 Å². The second kappa shape index (κ2) is 8.11. The highest BCUT2D eigenvalue weighted by atomic mass is 16.5. The van der Waals surface area contributed by atoms with Crippen molar-refractivity contribution in [1.82, 2.24) is 4.90 Å². The third-order valence-electron chi connectivity index (χ3n) is 4.84. The molecule has 1 amide bonds. The van der Waals surface area contributed by atoms with Gasteiger partial charge in [-0.3, -0.25) is 4.79 Å². The summed E-state index contributed by atoms with van der Waals surface area (Å²) in [6, 6.07) is 20.2. The number of hydrogen-bond donors (Lipinski definition) is 0. The van der Waals surface area contributed by atoms with Gasteiger partial charge in [0, 0.05) is 26.8 Å². The average Bonchev–Trinajstić information content (AvgIpc) is 2.64. The van der Waals surface area contributed by atoms with E-state index in [1.54, 1.807) is 7.11 Å². The monoisotopic (exact) mass is 323 g/mol. The van der Waals surface area contributed by atoms with Crippen LogP contribution < -0.4 is 0 Å². The summed E-state index contributed by atoms with van der Waals surface area (Å²) in [7, 11) is 1.75. The Kier molecular flexibility index (Phi) is 5.65. The molecular formula is C21H25NO2. The largest absolute Gasteiger partial charge is 0.384 e. The van der Waals surface area contributed by atoms with Crippen LogP contribution in [0.5, 0.6) is 0 Å². The minimum absolute atomic E-state index is 0.211. The number of piperidine rings is 1. The number of ether oxygens (including phenoxy) is 1. The Morgan fingerprint density at radius 3 is 1.96 bits per heavy atom. The van der Waals surface area contributed by atoms with Crippen LogP contribution in [0.15, 0.2) is 60.7 Å². The lowest BCUT2D eigenvalue weighted by atomic mass is 9.88. The normalized spacial score (nSPS) is 15.7. The molecule has 1 heterocycles. The fourth-order valence-electron chi connectivity index (χ4n) is 3.51. The summed E-state index contributed by atoms with van der Waals surface area (Å²) in [4.78, 5) is 15.3. The Bertz CT molecular complexity index is 594. The lowest BCUT2D eigenvalue weighted by Gasteiger charge is -2.34. The van der Waals surface area contributed by atoms with Gasteiger partial charge >= 0.3 is 0 Å². The number of hydrogen-bond acceptors (Lipinski definition) is 2. The summed E-state index contributed by atoms with van der Waals surface area (Å²) in [6.07, 6.45) is 2.05. The number of rotatable bonds is 5. The number of carbonyl (C=O) groups is 1. The van der Waals surface area contributed by atoms with Crippen molar-refractivity contribution < 1.29 is 9.53 Å². The summed E-state index contributed by atoms with van der Waals surface area (Å²) in [5, 5.41) is 0. The molecule has 0 bridgehead atoms. The minimum atomic E-state index is -0.216. The van der Waals surface area contributed by atoms with Gasteiger partial charge in [0.25, 0.3) is 0 Å². The van der Waals surface area contributed by atoms with E-state index >= 15 is 0 Å². The van der Waals surface area contributed by atoms with Crippen molar-refractivity contribution in [1.29, 1.82) is 0 Å². The Morgan fingerprint density at radius 2 is 1.50 bits per heavy atom. The van der Waals surface area contributed by atoms with E-state index in [2.05, 4.69) is 0 Å². The first-order valence-corrected chi connectivity index (χ1v) is 8.67. The molecule has 2 aromatic rings. The fraction of sp³-hybridized carbons (Fsp3) is 0.381. The molecule has 0 spiro atoms. The molecule has 0 N–H and O–H groups in total. The van der Waals surface area contributed by atoms with Crippen molar-refractivity contribution >= 4 is 5.91 Å². The predicted molar refractivity (Wildman–Crippen MR) is 95.9 cm³/mol. The minimum Gasteiger partial charge on any atom is -0.384 e. The zero-order chi connectivity index (χ0) is 16.8. The first-order chi connectivity index (χ1) is 11.8. The molecule has 1 aliphatic rings. The van der Waals surface area contributed by atoms with Gasteiger partial charge in [-0.2, -0.15) is 0 Å². The second-order valence-corrected chi connectivity index (χ2v) is 6.48. The van der Waals surface area contributed by atoms with Crippen LogP contribution in [0.4, 0.5) is 0 Å². The van der Waals surface area contributed by atoms with E-state index in [9.17, 15) is 4.79 Å². The highest BCUT2D eigenvalue weighted by Gasteiger charge is 2.30. The van der Waals surface area contributed by atoms with Gasteiger partial charge in [-0.05, 0) is 29.9 Å². The molecule has 0 radical (unpaired) electrons. The van der Waals surface area contributed by atoms with E-state index in [1.165, 1.54) is 0 Å². The number of nitrogens with zero attached hydrogens (tertiary/aromatic N) is 1. The van der Waals surface area contributed by atoms with Gasteiger partial charge in [-0.1, -0.05) is 60.7 Å². The lowest BCUT2D eigenvalue weighted by molar-refractivity contribution is -0.133. The van der Waals surface area contributed by atoms with Crippen LogP contribution in [0, 0.1) is 5.92 Å². The zero-order valence-electron chi connectivity index (χ0n) is 14.2. The quantitative estimate of drug-likeness (QED) is 0.839. The molecule has 1 fully saturated rings. The molecule has 1 aliphatic heterocycles. The van der Waals surface area contributed by atoms with Crippen molar-refractivity contribution in [3.05, 3.63) is 71.8 Å². The standard InChI is InChI=1S/C21H25NO2/c1-24-16-17-12-14-22(15-13-17)21(23)20(18-8-4-2-5-9-18)19-10-6-3-7-11-19/h2-11,17,20H,12-16H2,1H3. The molecule has 1 saturated heterocycles. The van der Waals surface area contributed by atoms with Crippen LogP contribution >= 0.6 is 0 Å². The van der Waals surface area contributed by atoms with E-state index in [4.69, 9.17) is 4.74 Å². The first-order valence-electron chi connectivity index (χ1n) is 8.67. The first kappa shape index (κ1) is 16.7. The van der Waals surface area contributed by atoms with Crippen LogP contribution in [-0.4, -0.2) is 37.6 Å². The number of benzene rings is 2. The maximum absolute atomic E-state index is 13.3. The fourth-order valence-corrected chi connectivity index (χ4v) is 3.51. The SMILES string of the molecule is COCC1CCN(C(=O)C(c2ccccc2)c2ccccc2)CC1. The highest BCUT2D eigenvalue weighted by Crippen LogP contribution is 2.29. The third-order valence-corrected chi connectivity index (χ3v) is 4.84. The summed E-state index contributed by atoms with van der Waals surface area (Å²) in [6.45, 7) is 2.44. The molecular weight excluding hydrogens is 298 g/mol. The van der Waals surface area contributed by atoms with Gasteiger partial charge in [-0.25, -0.2) is 0 Å². The molecule has 0 aromatic heterocycles. The van der Waals surface area contributed by atoms with Crippen molar-refractivity contribution in [3.8, 4) is 0 Å². The van der Waals surface area contributed by atoms with Gasteiger partial charge in [0.1, 0.15) is 0 Å². The Labute approximate surface area is 144 Å². The number of likely N-dealkylation sites (tertiary alicyclic amines) is 1. The van der Waals surface area contributed by atoms with Crippen molar-refractivity contribution in [2.45, 2.75) is 18.8 Å². The maximum atomic E-state index is 13.3. The van der Waals surface area contributed by atoms with Gasteiger partial charge in [0.05, 0.1) is 5.92 Å². The maximum Gasteiger partial charge on any atom is 0.234 e. The second-order valence-electron chi connectivity index (χ2n) is 6.48. The van der Waals surface area contributed by atoms with Gasteiger partial charge in [0.15, 0.2) is 0 Å². The zero-order valence-corrected chi connectivity index (χ0v) is 14.2. The van der Waals surface area contributed by atoms with Crippen LogP contribution in [0.25, 0.3) is 0 Å². The van der Waals surface area contributed by atoms with E-state index in [-0.39, 0.29) is 11.8 Å². The van der Waals surface area contributed by atoms with Crippen LogP contribution in [0.1, 0.15) is 29.9 Å². The summed E-state index contributed by atoms with van der Waals surface area (Å²) in [5.41, 5.74) is 2.13. The lowest BCUT2D eigenvalue weighted by Crippen LogP contribution is -2.42. The van der Waals surface area contributed by atoms with Crippen LogP contribution in [-0.2, 0) is 9.53 Å². The summed E-state index contributed by atoms with van der Waals surface area (Å²) < 4.78 is 5.26. The van der Waals surface area contributed by atoms with Crippen molar-refractivity contribution in [2.75, 3.05) is 26.8 Å². The number of amides is 1. The van der Waals surface area contributed by atoms with E-state index < -0.39 is 0 Å². The Balaban J connectivity index is 1.80. The van der Waals surface area contributed by atoms with Gasteiger partial charge in [-0.15, -0.1) is 0 Å². The summed E-state index contributed by atoms with van der Waals surface area (Å²) >= 11 is 0. The molecule has 24 heavy (non-hydrogen) atoms. The molecule has 0 saturated carbocycles. The van der Waals surface area contributed by atoms with Crippen LogP contribution in [0.2, 0.25) is 0 Å². The third kappa shape index (κ3) is 3.85. The molecule has 2 aromatic carbocycles. The summed E-state index contributed by atoms with van der Waals surface area (Å²) in [5.74, 6) is 0.570. The molecule has 3 rings (SSSR count). The Hall–Kier alpha value is -2.13. The Morgan fingerprint density at radius 1 is 1.00 bits per heavy atom. The smallest absolute Gasteiger partial charge is 0.234 e. The molecule has 0 unspecified atom stereocenters. The number of methoxy groups -OCH3 is 1. The van der Waals surface area contributed by atoms with Gasteiger partial charge < -0.3 is 9.64 Å². The molecule has 0 atom stereocenters. The average molecular weight is 323 g/mol. The van der Waals surface area contributed by atoms with E-state index in [1.807, 2.05) is 65.6 Å². The molecule has 126 valence electrons. The van der Waals surface area contributed by atoms with Crippen molar-refractivity contribution in [3.63, 3.8) is 0 Å². The van der Waals surface area contributed by atoms with Gasteiger partial charge in [0.2, 0.25) is 5.91 Å². The highest BCUT2D eigenvalue weighted by molar-refractivity contribution is 5.87.